The molecule has 29 heavy (non-hydrogen) atoms. The zero-order valence-corrected chi connectivity index (χ0v) is 18.8. The summed E-state index contributed by atoms with van der Waals surface area (Å²) in [5.41, 5.74) is 1.73. The average Bonchev–Trinajstić information content (AvgIpc) is 3.04. The van der Waals surface area contributed by atoms with E-state index in [-0.39, 0.29) is 17.7 Å². The lowest BCUT2D eigenvalue weighted by Gasteiger charge is -2.14. The van der Waals surface area contributed by atoms with Gasteiger partial charge in [0.05, 0.1) is 29.2 Å². The molecule has 0 aliphatic rings. The quantitative estimate of drug-likeness (QED) is 0.339. The van der Waals surface area contributed by atoms with Crippen molar-refractivity contribution in [3.8, 4) is 0 Å². The normalized spacial score (nSPS) is 12.7. The van der Waals surface area contributed by atoms with Gasteiger partial charge < -0.3 is 5.11 Å². The largest absolute Gasteiger partial charge is 0.392 e. The number of aryl methyl sites for hydroxylation is 1. The number of aromatic nitrogens is 4. The molecule has 0 fully saturated rings. The summed E-state index contributed by atoms with van der Waals surface area (Å²) >= 11 is 6.12. The van der Waals surface area contributed by atoms with Crippen LogP contribution in [0.5, 0.6) is 0 Å². The van der Waals surface area contributed by atoms with Crippen LogP contribution in [0, 0.1) is 6.92 Å². The van der Waals surface area contributed by atoms with Gasteiger partial charge in [0.2, 0.25) is 0 Å². The Bertz CT molecular complexity index is 1340. The maximum Gasteiger partial charge on any atom is 0.262 e. The minimum Gasteiger partial charge on any atom is -0.392 e. The summed E-state index contributed by atoms with van der Waals surface area (Å²) in [4.78, 5) is 35.2. The molecule has 1 aromatic carbocycles. The molecule has 0 unspecified atom stereocenters. The van der Waals surface area contributed by atoms with Crippen molar-refractivity contribution >= 4 is 54.9 Å². The van der Waals surface area contributed by atoms with E-state index in [0.717, 1.165) is 10.2 Å². The van der Waals surface area contributed by atoms with Crippen LogP contribution in [0.4, 0.5) is 0 Å². The van der Waals surface area contributed by atoms with Gasteiger partial charge in [0.15, 0.2) is 10.1 Å². The monoisotopic (exact) mass is 492 g/mol. The van der Waals surface area contributed by atoms with E-state index in [4.69, 9.17) is 0 Å². The number of aliphatic hydroxyl groups excluding tert-OH is 1. The van der Waals surface area contributed by atoms with Crippen molar-refractivity contribution in [2.75, 3.05) is 0 Å². The molecular weight excluding hydrogens is 476 g/mol. The lowest BCUT2D eigenvalue weighted by molar-refractivity contribution is 0.168. The number of benzene rings is 1. The molecule has 0 saturated carbocycles. The highest BCUT2D eigenvalue weighted by Crippen LogP contribution is 2.23. The van der Waals surface area contributed by atoms with E-state index in [0.29, 0.717) is 32.5 Å². The van der Waals surface area contributed by atoms with Crippen molar-refractivity contribution in [1.29, 1.82) is 0 Å². The highest BCUT2D eigenvalue weighted by atomic mass is 79.9. The first-order valence-corrected chi connectivity index (χ1v) is 11.5. The first-order valence-electron chi connectivity index (χ1n) is 8.81. The molecule has 4 rings (SSSR count). The first-order chi connectivity index (χ1) is 13.8. The minimum atomic E-state index is -0.702. The minimum absolute atomic E-state index is 0.123. The Morgan fingerprint density at radius 2 is 2.07 bits per heavy atom. The second-order valence-corrected chi connectivity index (χ2v) is 9.38. The van der Waals surface area contributed by atoms with Crippen LogP contribution in [0.25, 0.3) is 15.9 Å². The number of halogens is 1. The maximum absolute atomic E-state index is 13.0. The van der Waals surface area contributed by atoms with E-state index in [2.05, 4.69) is 25.9 Å². The third-order valence-corrected chi connectivity index (χ3v) is 6.75. The molecule has 0 radical (unpaired) electrons. The van der Waals surface area contributed by atoms with Crippen molar-refractivity contribution in [1.82, 2.24) is 18.9 Å². The summed E-state index contributed by atoms with van der Waals surface area (Å²) in [6.07, 6.45) is -0.702. The van der Waals surface area contributed by atoms with Crippen LogP contribution in [0.3, 0.4) is 0 Å². The van der Waals surface area contributed by atoms with Gasteiger partial charge in [-0.2, -0.15) is 0 Å². The Morgan fingerprint density at radius 1 is 1.28 bits per heavy atom. The van der Waals surface area contributed by atoms with Crippen LogP contribution in [0.1, 0.15) is 18.3 Å². The lowest BCUT2D eigenvalue weighted by Crippen LogP contribution is -2.28. The zero-order chi connectivity index (χ0) is 20.7. The third-order valence-electron chi connectivity index (χ3n) is 4.31. The van der Waals surface area contributed by atoms with Crippen molar-refractivity contribution in [2.24, 2.45) is 0 Å². The van der Waals surface area contributed by atoms with E-state index in [1.165, 1.54) is 33.7 Å². The summed E-state index contributed by atoms with van der Waals surface area (Å²) in [7, 11) is 0. The van der Waals surface area contributed by atoms with E-state index in [1.807, 2.05) is 18.4 Å². The van der Waals surface area contributed by atoms with Gasteiger partial charge >= 0.3 is 0 Å². The highest BCUT2D eigenvalue weighted by molar-refractivity contribution is 9.10. The molecule has 0 bridgehead atoms. The van der Waals surface area contributed by atoms with Gasteiger partial charge in [0, 0.05) is 27.4 Å². The number of aliphatic hydroxyl groups is 1. The zero-order valence-electron chi connectivity index (χ0n) is 15.6. The molecule has 3 heterocycles. The van der Waals surface area contributed by atoms with Gasteiger partial charge in [-0.1, -0.05) is 27.7 Å². The van der Waals surface area contributed by atoms with E-state index in [9.17, 15) is 14.7 Å². The molecule has 150 valence electrons. The van der Waals surface area contributed by atoms with E-state index in [1.54, 1.807) is 23.5 Å². The summed E-state index contributed by atoms with van der Waals surface area (Å²) in [6, 6.07) is 6.85. The van der Waals surface area contributed by atoms with Crippen LogP contribution in [0.15, 0.2) is 48.9 Å². The third kappa shape index (κ3) is 4.02. The molecule has 1 atom stereocenters. The van der Waals surface area contributed by atoms with Gasteiger partial charge in [-0.15, -0.1) is 11.3 Å². The number of fused-ring (bicyclic) bond motifs is 2. The number of hydrogen-bond donors (Lipinski definition) is 1. The fraction of sp³-hybridized carbons (Fsp3) is 0.263. The predicted molar refractivity (Wildman–Crippen MR) is 119 cm³/mol. The molecule has 0 amide bonds. The van der Waals surface area contributed by atoms with Gasteiger partial charge in [-0.05, 0) is 32.0 Å². The smallest absolute Gasteiger partial charge is 0.262 e. The molecule has 4 aromatic rings. The summed E-state index contributed by atoms with van der Waals surface area (Å²) < 4.78 is 3.84. The summed E-state index contributed by atoms with van der Waals surface area (Å²) in [5.74, 6) is 0.386. The Labute approximate surface area is 182 Å². The lowest BCUT2D eigenvalue weighted by atomic mass is 10.2. The van der Waals surface area contributed by atoms with Gasteiger partial charge in [-0.3, -0.25) is 18.6 Å². The highest BCUT2D eigenvalue weighted by Gasteiger charge is 2.15. The Balaban J connectivity index is 1.74. The maximum atomic E-state index is 13.0. The van der Waals surface area contributed by atoms with Gasteiger partial charge in [0.25, 0.3) is 11.1 Å². The molecule has 1 N–H and O–H groups in total. The summed E-state index contributed by atoms with van der Waals surface area (Å²) in [5, 5.41) is 12.7. The van der Waals surface area contributed by atoms with E-state index < -0.39 is 6.10 Å². The molecular formula is C19H17BrN4O3S2. The molecule has 0 spiro atoms. The number of hydrogen-bond acceptors (Lipinski definition) is 7. The topological polar surface area (TPSA) is 89.5 Å². The Hall–Kier alpha value is -2.01. The molecule has 0 saturated heterocycles. The van der Waals surface area contributed by atoms with Crippen LogP contribution in [-0.2, 0) is 12.3 Å². The number of rotatable bonds is 5. The SMILES string of the molecule is Cc1csc2nc(CSc3nc4ccc(Br)cc4c(=O)n3C[C@@H](C)O)cc(=O)n12. The summed E-state index contributed by atoms with van der Waals surface area (Å²) in [6.45, 7) is 3.63. The van der Waals surface area contributed by atoms with Crippen molar-refractivity contribution in [2.45, 2.75) is 37.4 Å². The predicted octanol–water partition coefficient (Wildman–Crippen LogP) is 3.21. The molecule has 0 aliphatic heterocycles. The fourth-order valence-electron chi connectivity index (χ4n) is 3.02. The van der Waals surface area contributed by atoms with E-state index >= 15 is 0 Å². The van der Waals surface area contributed by atoms with Gasteiger partial charge in [-0.25, -0.2) is 9.97 Å². The number of nitrogens with zero attached hydrogens (tertiary/aromatic N) is 4. The van der Waals surface area contributed by atoms with Crippen molar-refractivity contribution in [3.63, 3.8) is 0 Å². The number of thioether (sulfide) groups is 1. The van der Waals surface area contributed by atoms with Crippen LogP contribution >= 0.6 is 39.0 Å². The van der Waals surface area contributed by atoms with Crippen LogP contribution in [0.2, 0.25) is 0 Å². The number of thiazole rings is 1. The van der Waals surface area contributed by atoms with Crippen molar-refractivity contribution in [3.05, 3.63) is 66.2 Å². The molecule has 10 heteroatoms. The van der Waals surface area contributed by atoms with Crippen LogP contribution < -0.4 is 11.1 Å². The molecule has 7 nitrogen and oxygen atoms in total. The van der Waals surface area contributed by atoms with Crippen molar-refractivity contribution < 1.29 is 5.11 Å². The standard InChI is InChI=1S/C19H17BrN4O3S2/c1-10-8-28-19-21-13(6-16(26)24(10)19)9-29-18-22-15-4-3-12(20)5-14(15)17(27)23(18)7-11(2)25/h3-6,8,11,25H,7,9H2,1-2H3/t11-/m1/s1. The molecule has 3 aromatic heterocycles. The fourth-order valence-corrected chi connectivity index (χ4v) is 5.17. The Morgan fingerprint density at radius 3 is 2.83 bits per heavy atom. The first kappa shape index (κ1) is 20.3. The Kier molecular flexibility index (Phi) is 5.60. The second kappa shape index (κ2) is 8.02. The van der Waals surface area contributed by atoms with Gasteiger partial charge in [0.1, 0.15) is 0 Å². The van der Waals surface area contributed by atoms with Crippen LogP contribution in [-0.4, -0.2) is 30.1 Å². The molecule has 0 aliphatic carbocycles. The average molecular weight is 493 g/mol. The second-order valence-electron chi connectivity index (χ2n) is 6.69.